The van der Waals surface area contributed by atoms with Gasteiger partial charge in [-0.1, -0.05) is 26.0 Å². The third kappa shape index (κ3) is 3.32. The van der Waals surface area contributed by atoms with E-state index in [0.29, 0.717) is 11.7 Å². The molecule has 0 radical (unpaired) electrons. The van der Waals surface area contributed by atoms with Crippen LogP contribution in [-0.4, -0.2) is 22.9 Å². The number of anilines is 2. The van der Waals surface area contributed by atoms with Crippen LogP contribution in [0.1, 0.15) is 35.8 Å². The Morgan fingerprint density at radius 3 is 2.30 bits per heavy atom. The average Bonchev–Trinajstić information content (AvgIpc) is 2.48. The normalized spacial score (nSPS) is 10.4. The number of benzene rings is 1. The van der Waals surface area contributed by atoms with Crippen molar-refractivity contribution in [2.75, 3.05) is 17.7 Å². The van der Waals surface area contributed by atoms with E-state index < -0.39 is 0 Å². The van der Waals surface area contributed by atoms with Gasteiger partial charge in [-0.05, 0) is 23.6 Å². The molecule has 1 heterocycles. The molecule has 1 aromatic heterocycles. The minimum atomic E-state index is -0.266. The number of aromatic nitrogens is 2. The van der Waals surface area contributed by atoms with Crippen LogP contribution >= 0.6 is 0 Å². The molecule has 0 bridgehead atoms. The van der Waals surface area contributed by atoms with Crippen molar-refractivity contribution < 1.29 is 4.79 Å². The summed E-state index contributed by atoms with van der Waals surface area (Å²) in [4.78, 5) is 20.1. The highest BCUT2D eigenvalue weighted by atomic mass is 16.1. The molecule has 0 spiro atoms. The molecule has 104 valence electrons. The number of carbonyl (C=O) groups is 1. The van der Waals surface area contributed by atoms with Crippen LogP contribution in [0.25, 0.3) is 0 Å². The summed E-state index contributed by atoms with van der Waals surface area (Å²) in [5, 5.41) is 5.65. The lowest BCUT2D eigenvalue weighted by Gasteiger charge is -2.08. The summed E-state index contributed by atoms with van der Waals surface area (Å²) in [6.45, 7) is 4.26. The Hall–Kier alpha value is -2.43. The van der Waals surface area contributed by atoms with Gasteiger partial charge in [0.1, 0.15) is 11.5 Å². The highest BCUT2D eigenvalue weighted by molar-refractivity contribution is 6.02. The molecule has 0 aliphatic carbocycles. The lowest BCUT2D eigenvalue weighted by Crippen LogP contribution is -2.14. The molecule has 2 rings (SSSR count). The Kier molecular flexibility index (Phi) is 4.30. The summed E-state index contributed by atoms with van der Waals surface area (Å²) >= 11 is 0. The van der Waals surface area contributed by atoms with Crippen LogP contribution in [-0.2, 0) is 0 Å². The van der Waals surface area contributed by atoms with Gasteiger partial charge in [-0.25, -0.2) is 9.97 Å². The summed E-state index contributed by atoms with van der Waals surface area (Å²) in [5.41, 5.74) is 2.27. The van der Waals surface area contributed by atoms with Crippen LogP contribution in [0.3, 0.4) is 0 Å². The minimum absolute atomic E-state index is 0.266. The molecule has 0 saturated heterocycles. The molecular formula is C15H18N4O. The Balaban J connectivity index is 2.06. The minimum Gasteiger partial charge on any atom is -0.372 e. The monoisotopic (exact) mass is 270 g/mol. The quantitative estimate of drug-likeness (QED) is 0.896. The summed E-state index contributed by atoms with van der Waals surface area (Å²) < 4.78 is 0. The number of hydrogen-bond acceptors (Lipinski definition) is 4. The molecule has 0 saturated carbocycles. The van der Waals surface area contributed by atoms with Gasteiger partial charge in [0, 0.05) is 12.7 Å². The fourth-order valence-electron chi connectivity index (χ4n) is 1.72. The van der Waals surface area contributed by atoms with Crippen LogP contribution in [0.5, 0.6) is 0 Å². The predicted octanol–water partition coefficient (Wildman–Crippen LogP) is 2.89. The van der Waals surface area contributed by atoms with Gasteiger partial charge in [-0.2, -0.15) is 0 Å². The van der Waals surface area contributed by atoms with Crippen molar-refractivity contribution in [1.82, 2.24) is 9.97 Å². The second-order valence-electron chi connectivity index (χ2n) is 4.77. The molecule has 2 aromatic rings. The Bertz CT molecular complexity index is 576. The van der Waals surface area contributed by atoms with Gasteiger partial charge in [0.25, 0.3) is 5.91 Å². The fraction of sp³-hybridized carbons (Fsp3) is 0.267. The van der Waals surface area contributed by atoms with Gasteiger partial charge in [0.05, 0.1) is 12.4 Å². The number of amides is 1. The van der Waals surface area contributed by atoms with Crippen molar-refractivity contribution >= 4 is 17.4 Å². The molecular weight excluding hydrogens is 252 g/mol. The number of carbonyl (C=O) groups excluding carboxylic acids is 1. The van der Waals surface area contributed by atoms with Crippen molar-refractivity contribution in [1.29, 1.82) is 0 Å². The van der Waals surface area contributed by atoms with E-state index in [1.165, 1.54) is 18.0 Å². The van der Waals surface area contributed by atoms with Gasteiger partial charge in [0.15, 0.2) is 0 Å². The van der Waals surface area contributed by atoms with Crippen molar-refractivity contribution in [3.8, 4) is 0 Å². The largest absolute Gasteiger partial charge is 0.372 e. The molecule has 0 unspecified atom stereocenters. The van der Waals surface area contributed by atoms with E-state index in [0.717, 1.165) is 5.69 Å². The first-order valence-corrected chi connectivity index (χ1v) is 6.51. The maximum Gasteiger partial charge on any atom is 0.275 e. The Morgan fingerprint density at radius 2 is 1.80 bits per heavy atom. The first kappa shape index (κ1) is 14.0. The zero-order chi connectivity index (χ0) is 14.5. The topological polar surface area (TPSA) is 66.9 Å². The average molecular weight is 270 g/mol. The second kappa shape index (κ2) is 6.14. The molecule has 0 aliphatic heterocycles. The van der Waals surface area contributed by atoms with E-state index in [9.17, 15) is 4.79 Å². The van der Waals surface area contributed by atoms with Crippen LogP contribution in [0.2, 0.25) is 0 Å². The Labute approximate surface area is 118 Å². The molecule has 0 atom stereocenters. The zero-order valence-corrected chi connectivity index (χ0v) is 11.8. The van der Waals surface area contributed by atoms with Crippen molar-refractivity contribution in [3.05, 3.63) is 47.9 Å². The molecule has 1 aromatic carbocycles. The smallest absolute Gasteiger partial charge is 0.275 e. The van der Waals surface area contributed by atoms with Crippen LogP contribution in [0.4, 0.5) is 11.5 Å². The molecule has 2 N–H and O–H groups in total. The molecule has 1 amide bonds. The van der Waals surface area contributed by atoms with E-state index in [-0.39, 0.29) is 11.6 Å². The molecule has 0 fully saturated rings. The summed E-state index contributed by atoms with van der Waals surface area (Å²) in [6.07, 6.45) is 2.97. The third-order valence-electron chi connectivity index (χ3n) is 2.98. The first-order chi connectivity index (χ1) is 9.60. The van der Waals surface area contributed by atoms with E-state index in [4.69, 9.17) is 0 Å². The standard InChI is InChI=1S/C15H18N4O/c1-10(2)11-4-6-12(7-5-11)19-15(20)13-8-18-14(16-3)9-17-13/h4-10H,1-3H3,(H,16,18)(H,19,20). The van der Waals surface area contributed by atoms with Crippen LogP contribution in [0.15, 0.2) is 36.7 Å². The number of rotatable bonds is 4. The van der Waals surface area contributed by atoms with Gasteiger partial charge in [-0.3, -0.25) is 4.79 Å². The first-order valence-electron chi connectivity index (χ1n) is 6.51. The molecule has 0 aliphatic rings. The fourth-order valence-corrected chi connectivity index (χ4v) is 1.72. The summed E-state index contributed by atoms with van der Waals surface area (Å²) in [5.74, 6) is 0.833. The number of nitrogens with zero attached hydrogens (tertiary/aromatic N) is 2. The van der Waals surface area contributed by atoms with Crippen LogP contribution in [0, 0.1) is 0 Å². The van der Waals surface area contributed by atoms with E-state index in [1.807, 2.05) is 24.3 Å². The van der Waals surface area contributed by atoms with Gasteiger partial charge in [0.2, 0.25) is 0 Å². The lowest BCUT2D eigenvalue weighted by atomic mass is 10.0. The van der Waals surface area contributed by atoms with Crippen molar-refractivity contribution in [3.63, 3.8) is 0 Å². The maximum atomic E-state index is 12.0. The zero-order valence-electron chi connectivity index (χ0n) is 11.8. The van der Waals surface area contributed by atoms with E-state index in [1.54, 1.807) is 7.05 Å². The van der Waals surface area contributed by atoms with Crippen LogP contribution < -0.4 is 10.6 Å². The molecule has 5 heteroatoms. The predicted molar refractivity (Wildman–Crippen MR) is 80.1 cm³/mol. The highest BCUT2D eigenvalue weighted by Crippen LogP contribution is 2.17. The second-order valence-corrected chi connectivity index (χ2v) is 4.77. The lowest BCUT2D eigenvalue weighted by molar-refractivity contribution is 0.102. The third-order valence-corrected chi connectivity index (χ3v) is 2.98. The summed E-state index contributed by atoms with van der Waals surface area (Å²) in [7, 11) is 1.75. The van der Waals surface area contributed by atoms with Gasteiger partial charge in [-0.15, -0.1) is 0 Å². The van der Waals surface area contributed by atoms with E-state index in [2.05, 4.69) is 34.4 Å². The van der Waals surface area contributed by atoms with Crippen molar-refractivity contribution in [2.24, 2.45) is 0 Å². The molecule has 5 nitrogen and oxygen atoms in total. The highest BCUT2D eigenvalue weighted by Gasteiger charge is 2.08. The van der Waals surface area contributed by atoms with E-state index >= 15 is 0 Å². The molecule has 20 heavy (non-hydrogen) atoms. The van der Waals surface area contributed by atoms with Gasteiger partial charge >= 0.3 is 0 Å². The van der Waals surface area contributed by atoms with Crippen molar-refractivity contribution in [2.45, 2.75) is 19.8 Å². The maximum absolute atomic E-state index is 12.0. The SMILES string of the molecule is CNc1cnc(C(=O)Nc2ccc(C(C)C)cc2)cn1. The summed E-state index contributed by atoms with van der Waals surface area (Å²) in [6, 6.07) is 7.80. The van der Waals surface area contributed by atoms with Gasteiger partial charge < -0.3 is 10.6 Å². The number of nitrogens with one attached hydrogen (secondary N) is 2. The number of hydrogen-bond donors (Lipinski definition) is 2. The Morgan fingerprint density at radius 1 is 1.10 bits per heavy atom.